The molecule has 9 nitrogen and oxygen atoms in total. The van der Waals surface area contributed by atoms with Gasteiger partial charge < -0.3 is 24.3 Å². The highest BCUT2D eigenvalue weighted by molar-refractivity contribution is 7.99. The average molecular weight is 439 g/mol. The van der Waals surface area contributed by atoms with Gasteiger partial charge in [-0.25, -0.2) is 0 Å². The Bertz CT molecular complexity index is 771. The van der Waals surface area contributed by atoms with E-state index in [-0.39, 0.29) is 12.5 Å². The van der Waals surface area contributed by atoms with Gasteiger partial charge in [-0.05, 0) is 12.1 Å². The second-order valence-electron chi connectivity index (χ2n) is 6.65. The Hall–Kier alpha value is -2.59. The summed E-state index contributed by atoms with van der Waals surface area (Å²) in [5.41, 5.74) is -0.715. The summed E-state index contributed by atoms with van der Waals surface area (Å²) < 4.78 is 22.0. The molecule has 0 bridgehead atoms. The number of amides is 1. The van der Waals surface area contributed by atoms with Crippen molar-refractivity contribution in [3.05, 3.63) is 30.3 Å². The lowest BCUT2D eigenvalue weighted by Crippen LogP contribution is -2.65. The fraction of sp³-hybridized carbons (Fsp3) is 0.500. The van der Waals surface area contributed by atoms with Crippen molar-refractivity contribution in [2.45, 2.75) is 62.4 Å². The molecule has 1 N–H and O–H groups in total. The lowest BCUT2D eigenvalue weighted by molar-refractivity contribution is -0.211. The number of esters is 3. The molecule has 1 heterocycles. The maximum absolute atomic E-state index is 11.9. The van der Waals surface area contributed by atoms with Gasteiger partial charge >= 0.3 is 17.9 Å². The molecule has 1 saturated heterocycles. The maximum Gasteiger partial charge on any atom is 0.303 e. The average Bonchev–Trinajstić information content (AvgIpc) is 2.64. The summed E-state index contributed by atoms with van der Waals surface area (Å²) in [5, 5.41) is 2.74. The van der Waals surface area contributed by atoms with Crippen LogP contribution in [0.3, 0.4) is 0 Å². The monoisotopic (exact) mass is 439 g/mol. The number of hydrogen-bond donors (Lipinski definition) is 1. The first-order chi connectivity index (χ1) is 14.2. The van der Waals surface area contributed by atoms with E-state index >= 15 is 0 Å². The molecular weight excluding hydrogens is 414 g/mol. The van der Waals surface area contributed by atoms with Crippen molar-refractivity contribution in [3.8, 4) is 0 Å². The number of nitrogens with one attached hydrogen (secondary N) is 1. The molecule has 1 fully saturated rings. The number of ether oxygens (including phenoxy) is 4. The third kappa shape index (κ3) is 7.03. The molecule has 1 aliphatic rings. The number of carbonyl (C=O) groups excluding carboxylic acids is 4. The van der Waals surface area contributed by atoms with E-state index in [1.807, 2.05) is 30.3 Å². The zero-order valence-electron chi connectivity index (χ0n) is 17.2. The summed E-state index contributed by atoms with van der Waals surface area (Å²) in [6, 6.07) is 8.45. The van der Waals surface area contributed by atoms with Crippen LogP contribution in [0.4, 0.5) is 0 Å². The largest absolute Gasteiger partial charge is 0.463 e. The van der Waals surface area contributed by atoms with Crippen LogP contribution in [0.5, 0.6) is 0 Å². The van der Waals surface area contributed by atoms with Crippen molar-refractivity contribution in [1.29, 1.82) is 0 Å². The number of carbonyl (C=O) groups is 4. The zero-order chi connectivity index (χ0) is 22.3. The van der Waals surface area contributed by atoms with E-state index in [2.05, 4.69) is 5.32 Å². The van der Waals surface area contributed by atoms with E-state index in [4.69, 9.17) is 18.9 Å². The zero-order valence-corrected chi connectivity index (χ0v) is 18.0. The van der Waals surface area contributed by atoms with Crippen LogP contribution in [-0.4, -0.2) is 60.2 Å². The Morgan fingerprint density at radius 3 is 2.07 bits per heavy atom. The predicted octanol–water partition coefficient (Wildman–Crippen LogP) is 1.43. The minimum atomic E-state index is -1.09. The van der Waals surface area contributed by atoms with Gasteiger partial charge in [0.25, 0.3) is 0 Å². The van der Waals surface area contributed by atoms with Crippen LogP contribution in [-0.2, 0) is 38.1 Å². The van der Waals surface area contributed by atoms with Gasteiger partial charge in [-0.15, -0.1) is 0 Å². The van der Waals surface area contributed by atoms with Crippen molar-refractivity contribution < 1.29 is 38.1 Å². The van der Waals surface area contributed by atoms with Crippen LogP contribution < -0.4 is 5.32 Å². The Morgan fingerprint density at radius 2 is 1.53 bits per heavy atom. The van der Waals surface area contributed by atoms with E-state index in [9.17, 15) is 19.2 Å². The predicted molar refractivity (Wildman–Crippen MR) is 106 cm³/mol. The van der Waals surface area contributed by atoms with Gasteiger partial charge in [0.15, 0.2) is 12.2 Å². The molecule has 1 aromatic carbocycles. The smallest absolute Gasteiger partial charge is 0.303 e. The summed E-state index contributed by atoms with van der Waals surface area (Å²) in [4.78, 5) is 47.6. The standard InChI is InChI=1S/C20H25NO8S/c1-11(22)21-17-19(28-14(4)25)18(27-13(3)24)16(10-26-12(2)23)29-20(17)30-15-8-6-5-7-9-15/h5-9,16-20H,10H2,1-4H3,(H,21,22)/t16-,17+,18+,19+,20+/m1/s1. The summed E-state index contributed by atoms with van der Waals surface area (Å²) in [7, 11) is 0. The van der Waals surface area contributed by atoms with E-state index in [0.29, 0.717) is 0 Å². The van der Waals surface area contributed by atoms with Crippen LogP contribution in [0, 0.1) is 0 Å². The van der Waals surface area contributed by atoms with Gasteiger partial charge in [0.05, 0.1) is 0 Å². The first-order valence-electron chi connectivity index (χ1n) is 9.29. The maximum atomic E-state index is 11.9. The van der Waals surface area contributed by atoms with Gasteiger partial charge in [0.2, 0.25) is 5.91 Å². The summed E-state index contributed by atoms with van der Waals surface area (Å²) >= 11 is 1.30. The Labute approximate surface area is 178 Å². The van der Waals surface area contributed by atoms with Crippen molar-refractivity contribution in [3.63, 3.8) is 0 Å². The van der Waals surface area contributed by atoms with Gasteiger partial charge in [0, 0.05) is 32.6 Å². The second kappa shape index (κ2) is 11.0. The van der Waals surface area contributed by atoms with Crippen LogP contribution in [0.25, 0.3) is 0 Å². The molecular formula is C20H25NO8S. The topological polar surface area (TPSA) is 117 Å². The fourth-order valence-electron chi connectivity index (χ4n) is 3.02. The third-order valence-electron chi connectivity index (χ3n) is 4.07. The molecule has 5 atom stereocenters. The van der Waals surface area contributed by atoms with Crippen molar-refractivity contribution in [2.24, 2.45) is 0 Å². The molecule has 1 aliphatic heterocycles. The first-order valence-corrected chi connectivity index (χ1v) is 10.2. The molecule has 0 unspecified atom stereocenters. The van der Waals surface area contributed by atoms with Crippen LogP contribution in [0.1, 0.15) is 27.7 Å². The summed E-state index contributed by atoms with van der Waals surface area (Å²) in [6.07, 6.45) is -3.05. The van der Waals surface area contributed by atoms with Crippen LogP contribution in [0.2, 0.25) is 0 Å². The number of thioether (sulfide) groups is 1. The molecule has 2 rings (SSSR count). The highest BCUT2D eigenvalue weighted by Crippen LogP contribution is 2.36. The molecule has 0 radical (unpaired) electrons. The van der Waals surface area contributed by atoms with Crippen LogP contribution >= 0.6 is 11.8 Å². The molecule has 0 aromatic heterocycles. The Morgan fingerprint density at radius 1 is 0.933 bits per heavy atom. The highest BCUT2D eigenvalue weighted by Gasteiger charge is 2.51. The number of rotatable bonds is 7. The van der Waals surface area contributed by atoms with E-state index in [1.165, 1.54) is 39.5 Å². The highest BCUT2D eigenvalue weighted by atomic mass is 32.2. The summed E-state index contributed by atoms with van der Waals surface area (Å²) in [5.74, 6) is -2.17. The van der Waals surface area contributed by atoms with Gasteiger partial charge in [-0.1, -0.05) is 30.0 Å². The van der Waals surface area contributed by atoms with Crippen LogP contribution in [0.15, 0.2) is 35.2 Å². The molecule has 1 aromatic rings. The molecule has 164 valence electrons. The van der Waals surface area contributed by atoms with Gasteiger partial charge in [-0.2, -0.15) is 0 Å². The quantitative estimate of drug-likeness (QED) is 0.497. The molecule has 0 spiro atoms. The van der Waals surface area contributed by atoms with Gasteiger partial charge in [0.1, 0.15) is 24.2 Å². The van der Waals surface area contributed by atoms with Crippen molar-refractivity contribution in [1.82, 2.24) is 5.32 Å². The normalized spacial score (nSPS) is 25.7. The fourth-order valence-corrected chi connectivity index (χ4v) is 4.17. The molecule has 0 aliphatic carbocycles. The summed E-state index contributed by atoms with van der Waals surface area (Å²) in [6.45, 7) is 4.76. The minimum absolute atomic E-state index is 0.219. The second-order valence-corrected chi connectivity index (χ2v) is 7.82. The number of hydrogen-bond acceptors (Lipinski definition) is 9. The molecule has 0 saturated carbocycles. The lowest BCUT2D eigenvalue weighted by atomic mass is 9.97. The Kier molecular flexibility index (Phi) is 8.67. The molecule has 30 heavy (non-hydrogen) atoms. The van der Waals surface area contributed by atoms with E-state index in [1.54, 1.807) is 0 Å². The SMILES string of the molecule is CC(=O)N[C@H]1[C@H](OC(C)=O)[C@@H](OC(C)=O)[C@@H](COC(C)=O)O[C@H]1Sc1ccccc1. The third-order valence-corrected chi connectivity index (χ3v) is 5.25. The molecule has 10 heteroatoms. The van der Waals surface area contributed by atoms with Crippen molar-refractivity contribution in [2.75, 3.05) is 6.61 Å². The number of benzene rings is 1. The van der Waals surface area contributed by atoms with Crippen molar-refractivity contribution >= 4 is 35.6 Å². The van der Waals surface area contributed by atoms with E-state index < -0.39 is 47.7 Å². The van der Waals surface area contributed by atoms with E-state index in [0.717, 1.165) is 4.90 Å². The minimum Gasteiger partial charge on any atom is -0.463 e. The first kappa shape index (κ1) is 23.7. The Balaban J connectivity index is 2.42. The van der Waals surface area contributed by atoms with Gasteiger partial charge in [-0.3, -0.25) is 19.2 Å². The lowest BCUT2D eigenvalue weighted by Gasteiger charge is -2.45. The molecule has 1 amide bonds.